The molecule has 10 heteroatoms. The summed E-state index contributed by atoms with van der Waals surface area (Å²) in [6, 6.07) is 17.7. The van der Waals surface area contributed by atoms with Crippen molar-refractivity contribution in [2.24, 2.45) is 13.0 Å². The maximum atomic E-state index is 13.9. The second-order valence-corrected chi connectivity index (χ2v) is 13.7. The van der Waals surface area contributed by atoms with Crippen molar-refractivity contribution in [2.45, 2.75) is 43.0 Å². The topological polar surface area (TPSA) is 99.9 Å². The van der Waals surface area contributed by atoms with Crippen molar-refractivity contribution in [3.05, 3.63) is 71.7 Å². The average molecular weight is 578 g/mol. The number of hydrogen-bond acceptors (Lipinski definition) is 5. The molecule has 1 atom stereocenters. The lowest BCUT2D eigenvalue weighted by Crippen LogP contribution is -2.60. The summed E-state index contributed by atoms with van der Waals surface area (Å²) < 4.78 is 31.0. The van der Waals surface area contributed by atoms with Gasteiger partial charge in [0.2, 0.25) is 15.9 Å². The monoisotopic (exact) mass is 577 g/mol. The summed E-state index contributed by atoms with van der Waals surface area (Å²) >= 11 is 1.14. The number of carboxylic acids is 1. The molecule has 2 aromatic carbocycles. The fraction of sp³-hybridized carbons (Fsp3) is 0.333. The Morgan fingerprint density at radius 3 is 2.48 bits per heavy atom. The predicted octanol–water partition coefficient (Wildman–Crippen LogP) is 5.59. The standard InChI is InChI=1S/C30H31N3O5S2/c1-31-15-14-22-16-23(12-13-24(22)31)40(37,38)32-18-26(20-8-4-2-5-9-20)33(28(34)19-32)25-17-27(39-29(25)30(35)36)21-10-6-3-7-11-21/h3,6-7,10-17,20,26H,2,4-5,8-9,18-19H2,1H3,(H,35,36). The number of thiophene rings is 1. The van der Waals surface area contributed by atoms with Gasteiger partial charge in [-0.25, -0.2) is 13.2 Å². The summed E-state index contributed by atoms with van der Waals surface area (Å²) in [6.07, 6.45) is 6.74. The highest BCUT2D eigenvalue weighted by Gasteiger charge is 2.44. The third kappa shape index (κ3) is 4.74. The second-order valence-electron chi connectivity index (χ2n) is 10.7. The normalized spacial score (nSPS) is 19.4. The Kier molecular flexibility index (Phi) is 7.02. The SMILES string of the molecule is Cn1ccc2cc(S(=O)(=O)N3CC(=O)N(c4cc(-c5ccccc5)sc4C(=O)O)C(C4CCCCC4)C3)ccc21. The quantitative estimate of drug-likeness (QED) is 0.322. The molecule has 2 fully saturated rings. The second kappa shape index (κ2) is 10.5. The van der Waals surface area contributed by atoms with E-state index in [0.717, 1.165) is 64.8 Å². The number of carboxylic acid groups (broad SMARTS) is 1. The van der Waals surface area contributed by atoms with Crippen LogP contribution in [0.5, 0.6) is 0 Å². The number of fused-ring (bicyclic) bond motifs is 1. The van der Waals surface area contributed by atoms with E-state index in [1.165, 1.54) is 4.31 Å². The minimum atomic E-state index is -3.96. The van der Waals surface area contributed by atoms with Crippen LogP contribution in [0.2, 0.25) is 0 Å². The lowest BCUT2D eigenvalue weighted by molar-refractivity contribution is -0.121. The molecule has 6 rings (SSSR count). The molecule has 1 unspecified atom stereocenters. The molecule has 4 aromatic rings. The van der Waals surface area contributed by atoms with Gasteiger partial charge in [0, 0.05) is 35.6 Å². The molecule has 1 aliphatic carbocycles. The molecule has 0 spiro atoms. The minimum absolute atomic E-state index is 0.0778. The van der Waals surface area contributed by atoms with Crippen molar-refractivity contribution in [3.63, 3.8) is 0 Å². The van der Waals surface area contributed by atoms with Gasteiger partial charge < -0.3 is 14.6 Å². The van der Waals surface area contributed by atoms with E-state index >= 15 is 0 Å². The highest BCUT2D eigenvalue weighted by atomic mass is 32.2. The Hall–Kier alpha value is -3.47. The van der Waals surface area contributed by atoms with Gasteiger partial charge in [-0.05, 0) is 54.7 Å². The maximum absolute atomic E-state index is 13.9. The van der Waals surface area contributed by atoms with E-state index < -0.39 is 27.9 Å². The first kappa shape index (κ1) is 26.7. The zero-order chi connectivity index (χ0) is 28.0. The number of aromatic nitrogens is 1. The molecule has 3 heterocycles. The Morgan fingerprint density at radius 1 is 1.00 bits per heavy atom. The number of carbonyl (C=O) groups excluding carboxylic acids is 1. The molecule has 1 saturated heterocycles. The number of sulfonamides is 1. The van der Waals surface area contributed by atoms with Crippen molar-refractivity contribution in [3.8, 4) is 10.4 Å². The summed E-state index contributed by atoms with van der Waals surface area (Å²) in [5.74, 6) is -1.41. The number of anilines is 1. The average Bonchev–Trinajstić information content (AvgIpc) is 3.57. The van der Waals surface area contributed by atoms with Crippen molar-refractivity contribution in [2.75, 3.05) is 18.0 Å². The van der Waals surface area contributed by atoms with E-state index in [4.69, 9.17) is 0 Å². The summed E-state index contributed by atoms with van der Waals surface area (Å²) in [5, 5.41) is 10.9. The molecule has 1 saturated carbocycles. The number of piperazine rings is 1. The van der Waals surface area contributed by atoms with Gasteiger partial charge in [-0.1, -0.05) is 49.6 Å². The highest BCUT2D eigenvalue weighted by Crippen LogP contribution is 2.42. The number of rotatable bonds is 6. The van der Waals surface area contributed by atoms with E-state index in [-0.39, 0.29) is 28.8 Å². The molecule has 208 valence electrons. The first-order valence-electron chi connectivity index (χ1n) is 13.5. The number of hydrogen-bond donors (Lipinski definition) is 1. The van der Waals surface area contributed by atoms with E-state index in [1.807, 2.05) is 54.2 Å². The summed E-state index contributed by atoms with van der Waals surface area (Å²) in [7, 11) is -2.05. The van der Waals surface area contributed by atoms with Crippen LogP contribution in [-0.4, -0.2) is 53.4 Å². The van der Waals surface area contributed by atoms with Crippen LogP contribution >= 0.6 is 11.3 Å². The number of nitrogens with zero attached hydrogens (tertiary/aromatic N) is 3. The molecule has 2 aromatic heterocycles. The van der Waals surface area contributed by atoms with Gasteiger partial charge in [0.05, 0.1) is 23.2 Å². The number of carbonyl (C=O) groups is 2. The zero-order valence-corrected chi connectivity index (χ0v) is 23.8. The number of amides is 1. The number of aryl methyl sites for hydroxylation is 1. The highest BCUT2D eigenvalue weighted by molar-refractivity contribution is 7.89. The van der Waals surface area contributed by atoms with Crippen LogP contribution in [0.3, 0.4) is 0 Å². The van der Waals surface area contributed by atoms with Crippen LogP contribution in [0.4, 0.5) is 5.69 Å². The maximum Gasteiger partial charge on any atom is 0.348 e. The molecule has 0 radical (unpaired) electrons. The molecule has 40 heavy (non-hydrogen) atoms. The van der Waals surface area contributed by atoms with Crippen molar-refractivity contribution in [1.29, 1.82) is 0 Å². The smallest absolute Gasteiger partial charge is 0.348 e. The molecule has 0 bridgehead atoms. The Balaban J connectivity index is 1.40. The van der Waals surface area contributed by atoms with Gasteiger partial charge in [0.15, 0.2) is 0 Å². The third-order valence-electron chi connectivity index (χ3n) is 8.22. The van der Waals surface area contributed by atoms with Crippen molar-refractivity contribution in [1.82, 2.24) is 8.87 Å². The Bertz CT molecular complexity index is 1690. The molecule has 1 N–H and O–H groups in total. The molecular formula is C30H31N3O5S2. The van der Waals surface area contributed by atoms with Crippen molar-refractivity contribution >= 4 is 49.8 Å². The van der Waals surface area contributed by atoms with Gasteiger partial charge in [0.25, 0.3) is 0 Å². The lowest BCUT2D eigenvalue weighted by atomic mass is 9.82. The predicted molar refractivity (Wildman–Crippen MR) is 156 cm³/mol. The van der Waals surface area contributed by atoms with Crippen LogP contribution in [-0.2, 0) is 21.9 Å². The van der Waals surface area contributed by atoms with Gasteiger partial charge in [0.1, 0.15) is 4.88 Å². The summed E-state index contributed by atoms with van der Waals surface area (Å²) in [5.41, 5.74) is 2.16. The Morgan fingerprint density at radius 2 is 1.75 bits per heavy atom. The van der Waals surface area contributed by atoms with Crippen molar-refractivity contribution < 1.29 is 23.1 Å². The van der Waals surface area contributed by atoms with Gasteiger partial charge in [-0.15, -0.1) is 11.3 Å². The van der Waals surface area contributed by atoms with E-state index in [0.29, 0.717) is 5.69 Å². The molecule has 2 aliphatic rings. The Labute approximate surface area is 237 Å². The lowest BCUT2D eigenvalue weighted by Gasteiger charge is -2.44. The first-order valence-corrected chi connectivity index (χ1v) is 15.8. The van der Waals surface area contributed by atoms with Gasteiger partial charge in [-0.3, -0.25) is 4.79 Å². The van der Waals surface area contributed by atoms with Crippen LogP contribution < -0.4 is 4.90 Å². The van der Waals surface area contributed by atoms with Gasteiger partial charge >= 0.3 is 5.97 Å². The minimum Gasteiger partial charge on any atom is -0.477 e. The van der Waals surface area contributed by atoms with Crippen LogP contribution in [0.1, 0.15) is 41.8 Å². The summed E-state index contributed by atoms with van der Waals surface area (Å²) in [4.78, 5) is 28.9. The largest absolute Gasteiger partial charge is 0.477 e. The fourth-order valence-corrected chi connectivity index (χ4v) is 8.61. The fourth-order valence-electron chi connectivity index (χ4n) is 6.17. The van der Waals surface area contributed by atoms with E-state index in [2.05, 4.69) is 0 Å². The molecular weight excluding hydrogens is 546 g/mol. The molecule has 1 aliphatic heterocycles. The van der Waals surface area contributed by atoms with Crippen LogP contribution in [0.15, 0.2) is 71.8 Å². The van der Waals surface area contributed by atoms with Gasteiger partial charge in [-0.2, -0.15) is 4.31 Å². The zero-order valence-electron chi connectivity index (χ0n) is 22.2. The molecule has 8 nitrogen and oxygen atoms in total. The first-order chi connectivity index (χ1) is 19.2. The number of aromatic carboxylic acids is 1. The third-order valence-corrected chi connectivity index (χ3v) is 11.2. The van der Waals surface area contributed by atoms with E-state index in [1.54, 1.807) is 29.2 Å². The number of benzene rings is 2. The summed E-state index contributed by atoms with van der Waals surface area (Å²) in [6.45, 7) is -0.213. The van der Waals surface area contributed by atoms with Crippen LogP contribution in [0, 0.1) is 5.92 Å². The molecule has 1 amide bonds. The van der Waals surface area contributed by atoms with Crippen LogP contribution in [0.25, 0.3) is 21.3 Å². The van der Waals surface area contributed by atoms with E-state index in [9.17, 15) is 23.1 Å².